The number of carboxylic acids is 1. The number of rotatable bonds is 6. The molecule has 0 saturated heterocycles. The molecule has 22 heavy (non-hydrogen) atoms. The number of benzene rings is 1. The first-order valence-electron chi connectivity index (χ1n) is 6.65. The van der Waals surface area contributed by atoms with Crippen molar-refractivity contribution in [2.24, 2.45) is 7.05 Å². The SMILES string of the molecule is CCc1nnc(SCC(=O)Nc2cccc(C(=O)O)c2)n1C. The molecule has 7 nitrogen and oxygen atoms in total. The van der Waals surface area contributed by atoms with Gasteiger partial charge in [0.25, 0.3) is 0 Å². The molecule has 8 heteroatoms. The maximum atomic E-state index is 11.9. The lowest BCUT2D eigenvalue weighted by Gasteiger charge is -2.06. The number of carbonyl (C=O) groups excluding carboxylic acids is 1. The number of thioether (sulfide) groups is 1. The Hall–Kier alpha value is -2.35. The summed E-state index contributed by atoms with van der Waals surface area (Å²) in [4.78, 5) is 22.8. The van der Waals surface area contributed by atoms with Crippen LogP contribution in [0.1, 0.15) is 23.1 Å². The maximum absolute atomic E-state index is 11.9. The fourth-order valence-corrected chi connectivity index (χ4v) is 2.57. The average molecular weight is 320 g/mol. The smallest absolute Gasteiger partial charge is 0.335 e. The summed E-state index contributed by atoms with van der Waals surface area (Å²) in [6.07, 6.45) is 0.776. The standard InChI is InChI=1S/C14H16N4O3S/c1-3-11-16-17-14(18(11)2)22-8-12(19)15-10-6-4-5-9(7-10)13(20)21/h4-7H,3,8H2,1-2H3,(H,15,19)(H,20,21). The van der Waals surface area contributed by atoms with E-state index in [9.17, 15) is 9.59 Å². The van der Waals surface area contributed by atoms with Gasteiger partial charge in [0.05, 0.1) is 11.3 Å². The fraction of sp³-hybridized carbons (Fsp3) is 0.286. The lowest BCUT2D eigenvalue weighted by molar-refractivity contribution is -0.113. The minimum atomic E-state index is -1.03. The van der Waals surface area contributed by atoms with Crippen LogP contribution in [0, 0.1) is 0 Å². The highest BCUT2D eigenvalue weighted by molar-refractivity contribution is 7.99. The number of amides is 1. The molecule has 0 radical (unpaired) electrons. The number of anilines is 1. The van der Waals surface area contributed by atoms with Crippen LogP contribution in [0.3, 0.4) is 0 Å². The van der Waals surface area contributed by atoms with Gasteiger partial charge in [-0.25, -0.2) is 4.79 Å². The van der Waals surface area contributed by atoms with E-state index in [0.717, 1.165) is 12.2 Å². The zero-order chi connectivity index (χ0) is 16.1. The molecule has 0 spiro atoms. The predicted molar refractivity (Wildman–Crippen MR) is 83.1 cm³/mol. The first-order valence-corrected chi connectivity index (χ1v) is 7.64. The van der Waals surface area contributed by atoms with Crippen LogP contribution in [-0.4, -0.2) is 37.5 Å². The molecule has 0 bridgehead atoms. The second-order valence-electron chi connectivity index (χ2n) is 4.53. The van der Waals surface area contributed by atoms with Crippen molar-refractivity contribution in [2.75, 3.05) is 11.1 Å². The van der Waals surface area contributed by atoms with Gasteiger partial charge >= 0.3 is 5.97 Å². The van der Waals surface area contributed by atoms with Gasteiger partial charge in [-0.1, -0.05) is 24.8 Å². The summed E-state index contributed by atoms with van der Waals surface area (Å²) in [6.45, 7) is 1.99. The third-order valence-corrected chi connectivity index (χ3v) is 3.99. The Balaban J connectivity index is 1.94. The van der Waals surface area contributed by atoms with Gasteiger partial charge in [0.2, 0.25) is 5.91 Å². The molecule has 0 aliphatic carbocycles. The van der Waals surface area contributed by atoms with Crippen LogP contribution in [0.4, 0.5) is 5.69 Å². The van der Waals surface area contributed by atoms with Crippen molar-refractivity contribution in [3.05, 3.63) is 35.7 Å². The number of nitrogens with one attached hydrogen (secondary N) is 1. The van der Waals surface area contributed by atoms with Crippen LogP contribution in [0.25, 0.3) is 0 Å². The molecule has 1 aromatic carbocycles. The van der Waals surface area contributed by atoms with Gasteiger partial charge < -0.3 is 15.0 Å². The first kappa shape index (κ1) is 16.0. The van der Waals surface area contributed by atoms with Crippen molar-refractivity contribution in [2.45, 2.75) is 18.5 Å². The zero-order valence-corrected chi connectivity index (χ0v) is 13.1. The van der Waals surface area contributed by atoms with Gasteiger partial charge in [-0.05, 0) is 18.2 Å². The van der Waals surface area contributed by atoms with E-state index >= 15 is 0 Å². The van der Waals surface area contributed by atoms with Crippen molar-refractivity contribution in [3.63, 3.8) is 0 Å². The Morgan fingerprint density at radius 1 is 1.36 bits per heavy atom. The van der Waals surface area contributed by atoms with E-state index in [2.05, 4.69) is 15.5 Å². The van der Waals surface area contributed by atoms with Gasteiger partial charge in [-0.15, -0.1) is 10.2 Å². The molecule has 2 N–H and O–H groups in total. The van der Waals surface area contributed by atoms with Gasteiger partial charge in [-0.3, -0.25) is 4.79 Å². The second-order valence-corrected chi connectivity index (χ2v) is 5.48. The molecule has 1 amide bonds. The van der Waals surface area contributed by atoms with Crippen LogP contribution >= 0.6 is 11.8 Å². The van der Waals surface area contributed by atoms with Crippen LogP contribution in [0.15, 0.2) is 29.4 Å². The van der Waals surface area contributed by atoms with Crippen molar-refractivity contribution in [1.29, 1.82) is 0 Å². The summed E-state index contributed by atoms with van der Waals surface area (Å²) in [5, 5.41) is 20.3. The molecule has 2 aromatic rings. The molecule has 0 saturated carbocycles. The number of hydrogen-bond acceptors (Lipinski definition) is 5. The Morgan fingerprint density at radius 3 is 2.77 bits per heavy atom. The number of aromatic nitrogens is 3. The van der Waals surface area contributed by atoms with Crippen molar-refractivity contribution >= 4 is 29.3 Å². The Bertz CT molecular complexity index is 699. The largest absolute Gasteiger partial charge is 0.478 e. The number of aromatic carboxylic acids is 1. The van der Waals surface area contributed by atoms with Crippen LogP contribution in [0.2, 0.25) is 0 Å². The van der Waals surface area contributed by atoms with Gasteiger partial charge in [0.1, 0.15) is 5.82 Å². The number of nitrogens with zero attached hydrogens (tertiary/aromatic N) is 3. The molecule has 0 atom stereocenters. The van der Waals surface area contributed by atoms with Crippen LogP contribution in [-0.2, 0) is 18.3 Å². The zero-order valence-electron chi connectivity index (χ0n) is 12.2. The lowest BCUT2D eigenvalue weighted by atomic mass is 10.2. The molecule has 1 aromatic heterocycles. The number of carboxylic acid groups (broad SMARTS) is 1. The maximum Gasteiger partial charge on any atom is 0.335 e. The topological polar surface area (TPSA) is 97.1 Å². The number of aryl methyl sites for hydroxylation is 1. The summed E-state index contributed by atoms with van der Waals surface area (Å²) in [7, 11) is 1.86. The first-order chi connectivity index (χ1) is 10.5. The molecular weight excluding hydrogens is 304 g/mol. The molecule has 2 rings (SSSR count). The molecule has 0 aliphatic heterocycles. The lowest BCUT2D eigenvalue weighted by Crippen LogP contribution is -2.15. The van der Waals surface area contributed by atoms with Crippen molar-refractivity contribution in [1.82, 2.24) is 14.8 Å². The fourth-order valence-electron chi connectivity index (χ4n) is 1.84. The summed E-state index contributed by atoms with van der Waals surface area (Å²) >= 11 is 1.28. The third-order valence-electron chi connectivity index (χ3n) is 2.97. The van der Waals surface area contributed by atoms with E-state index in [1.807, 2.05) is 18.5 Å². The molecule has 0 aliphatic rings. The molecule has 0 unspecified atom stereocenters. The van der Waals surface area contributed by atoms with Gasteiger partial charge in [0.15, 0.2) is 5.16 Å². The van der Waals surface area contributed by atoms with E-state index in [0.29, 0.717) is 10.8 Å². The van der Waals surface area contributed by atoms with Gasteiger partial charge in [0, 0.05) is 19.2 Å². The van der Waals surface area contributed by atoms with Crippen LogP contribution in [0.5, 0.6) is 0 Å². The summed E-state index contributed by atoms with van der Waals surface area (Å²) in [5.74, 6) is -0.227. The van der Waals surface area contributed by atoms with Gasteiger partial charge in [-0.2, -0.15) is 0 Å². The van der Waals surface area contributed by atoms with Crippen molar-refractivity contribution in [3.8, 4) is 0 Å². The molecule has 1 heterocycles. The highest BCUT2D eigenvalue weighted by Gasteiger charge is 2.11. The minimum Gasteiger partial charge on any atom is -0.478 e. The van der Waals surface area contributed by atoms with Crippen molar-refractivity contribution < 1.29 is 14.7 Å². The number of hydrogen-bond donors (Lipinski definition) is 2. The van der Waals surface area contributed by atoms with E-state index in [1.165, 1.54) is 23.9 Å². The van der Waals surface area contributed by atoms with E-state index in [1.54, 1.807) is 12.1 Å². The summed E-state index contributed by atoms with van der Waals surface area (Å²) in [6, 6.07) is 6.12. The minimum absolute atomic E-state index is 0.131. The van der Waals surface area contributed by atoms with Crippen LogP contribution < -0.4 is 5.32 Å². The molecule has 0 fully saturated rings. The quantitative estimate of drug-likeness (QED) is 0.788. The highest BCUT2D eigenvalue weighted by Crippen LogP contribution is 2.17. The Labute approximate surface area is 131 Å². The highest BCUT2D eigenvalue weighted by atomic mass is 32.2. The third kappa shape index (κ3) is 3.85. The van der Waals surface area contributed by atoms with E-state index in [4.69, 9.17) is 5.11 Å². The Morgan fingerprint density at radius 2 is 2.14 bits per heavy atom. The average Bonchev–Trinajstić information content (AvgIpc) is 2.85. The number of carbonyl (C=O) groups is 2. The normalized spacial score (nSPS) is 10.5. The summed E-state index contributed by atoms with van der Waals surface area (Å²) in [5.41, 5.74) is 0.587. The monoisotopic (exact) mass is 320 g/mol. The molecule has 116 valence electrons. The molecular formula is C14H16N4O3S. The second kappa shape index (κ2) is 7.08. The van der Waals surface area contributed by atoms with E-state index < -0.39 is 5.97 Å². The predicted octanol–water partition coefficient (Wildman–Crippen LogP) is 1.81. The van der Waals surface area contributed by atoms with E-state index in [-0.39, 0.29) is 17.2 Å². The Kier molecular flexibility index (Phi) is 5.16. The summed E-state index contributed by atoms with van der Waals surface area (Å²) < 4.78 is 1.85.